The predicted molar refractivity (Wildman–Crippen MR) is 66.0 cm³/mol. The maximum Gasteiger partial charge on any atom is 0.168 e. The van der Waals surface area contributed by atoms with Gasteiger partial charge in [-0.15, -0.1) is 0 Å². The van der Waals surface area contributed by atoms with Crippen LogP contribution in [-0.4, -0.2) is 12.4 Å². The third kappa shape index (κ3) is 3.37. The van der Waals surface area contributed by atoms with Crippen LogP contribution in [0.3, 0.4) is 0 Å². The van der Waals surface area contributed by atoms with Gasteiger partial charge in [0.2, 0.25) is 0 Å². The highest BCUT2D eigenvalue weighted by molar-refractivity contribution is 6.00. The van der Waals surface area contributed by atoms with E-state index in [0.29, 0.717) is 6.61 Å². The molecule has 0 atom stereocenters. The molecular weight excluding hydrogens is 200 g/mol. The number of carbonyl (C=O) groups is 1. The highest BCUT2D eigenvalue weighted by Gasteiger charge is 2.22. The maximum atomic E-state index is 12.0. The lowest BCUT2D eigenvalue weighted by atomic mass is 9.86. The van der Waals surface area contributed by atoms with E-state index >= 15 is 0 Å². The van der Waals surface area contributed by atoms with Crippen molar-refractivity contribution in [2.45, 2.75) is 34.1 Å². The second-order valence-corrected chi connectivity index (χ2v) is 4.96. The van der Waals surface area contributed by atoms with Gasteiger partial charge in [-0.05, 0) is 18.6 Å². The first kappa shape index (κ1) is 12.8. The summed E-state index contributed by atoms with van der Waals surface area (Å²) < 4.78 is 5.51. The van der Waals surface area contributed by atoms with Crippen molar-refractivity contribution in [1.29, 1.82) is 0 Å². The van der Waals surface area contributed by atoms with Gasteiger partial charge in [0.1, 0.15) is 5.75 Å². The smallest absolute Gasteiger partial charge is 0.168 e. The van der Waals surface area contributed by atoms with Crippen LogP contribution in [0.1, 0.15) is 44.5 Å². The summed E-state index contributed by atoms with van der Waals surface area (Å²) in [7, 11) is 0. The van der Waals surface area contributed by atoms with Crippen molar-refractivity contribution in [3.63, 3.8) is 0 Å². The molecule has 1 aromatic rings. The largest absolute Gasteiger partial charge is 0.494 e. The average Bonchev–Trinajstić information content (AvgIpc) is 2.24. The van der Waals surface area contributed by atoms with Crippen molar-refractivity contribution < 1.29 is 9.53 Å². The van der Waals surface area contributed by atoms with E-state index in [4.69, 9.17) is 4.74 Å². The maximum absolute atomic E-state index is 12.0. The molecule has 1 aromatic carbocycles. The first-order valence-electron chi connectivity index (χ1n) is 5.73. The van der Waals surface area contributed by atoms with Gasteiger partial charge < -0.3 is 4.74 Å². The van der Waals surface area contributed by atoms with Crippen molar-refractivity contribution in [2.24, 2.45) is 5.41 Å². The van der Waals surface area contributed by atoms with Crippen molar-refractivity contribution in [2.75, 3.05) is 6.61 Å². The SMILES string of the molecule is CCCOc1cccc(C(=O)C(C)(C)C)c1. The van der Waals surface area contributed by atoms with Crippen LogP contribution in [0.2, 0.25) is 0 Å². The highest BCUT2D eigenvalue weighted by Crippen LogP contribution is 2.23. The van der Waals surface area contributed by atoms with E-state index in [1.54, 1.807) is 0 Å². The topological polar surface area (TPSA) is 26.3 Å². The van der Waals surface area contributed by atoms with Gasteiger partial charge in [-0.2, -0.15) is 0 Å². The molecule has 0 unspecified atom stereocenters. The van der Waals surface area contributed by atoms with Crippen LogP contribution >= 0.6 is 0 Å². The van der Waals surface area contributed by atoms with Gasteiger partial charge in [-0.3, -0.25) is 4.79 Å². The molecule has 0 radical (unpaired) electrons. The summed E-state index contributed by atoms with van der Waals surface area (Å²) in [6, 6.07) is 7.41. The summed E-state index contributed by atoms with van der Waals surface area (Å²) in [5.74, 6) is 0.923. The summed E-state index contributed by atoms with van der Waals surface area (Å²) >= 11 is 0. The minimum absolute atomic E-state index is 0.148. The minimum Gasteiger partial charge on any atom is -0.494 e. The zero-order chi connectivity index (χ0) is 12.2. The van der Waals surface area contributed by atoms with Crippen LogP contribution in [-0.2, 0) is 0 Å². The van der Waals surface area contributed by atoms with Crippen LogP contribution in [0.4, 0.5) is 0 Å². The summed E-state index contributed by atoms with van der Waals surface area (Å²) in [6.45, 7) is 8.52. The van der Waals surface area contributed by atoms with Crippen molar-refractivity contribution in [3.8, 4) is 5.75 Å². The van der Waals surface area contributed by atoms with Gasteiger partial charge in [0.25, 0.3) is 0 Å². The Balaban J connectivity index is 2.86. The molecule has 0 aliphatic heterocycles. The fourth-order valence-corrected chi connectivity index (χ4v) is 1.38. The normalized spacial score (nSPS) is 11.2. The van der Waals surface area contributed by atoms with E-state index in [-0.39, 0.29) is 11.2 Å². The molecular formula is C14H20O2. The van der Waals surface area contributed by atoms with Gasteiger partial charge >= 0.3 is 0 Å². The molecule has 0 saturated carbocycles. The molecule has 0 aromatic heterocycles. The number of hydrogen-bond acceptors (Lipinski definition) is 2. The lowest BCUT2D eigenvalue weighted by Gasteiger charge is -2.17. The molecule has 16 heavy (non-hydrogen) atoms. The van der Waals surface area contributed by atoms with Gasteiger partial charge in [-0.1, -0.05) is 39.8 Å². The van der Waals surface area contributed by atoms with E-state index in [1.165, 1.54) is 0 Å². The summed E-state index contributed by atoms with van der Waals surface area (Å²) in [4.78, 5) is 12.0. The Morgan fingerprint density at radius 3 is 2.56 bits per heavy atom. The summed E-state index contributed by atoms with van der Waals surface area (Å²) in [5, 5.41) is 0. The van der Waals surface area contributed by atoms with Crippen LogP contribution in [0.15, 0.2) is 24.3 Å². The van der Waals surface area contributed by atoms with Crippen LogP contribution in [0, 0.1) is 5.41 Å². The molecule has 1 rings (SSSR count). The number of benzene rings is 1. The molecule has 88 valence electrons. The average molecular weight is 220 g/mol. The minimum atomic E-state index is -0.344. The first-order valence-corrected chi connectivity index (χ1v) is 5.73. The van der Waals surface area contributed by atoms with Crippen molar-refractivity contribution in [1.82, 2.24) is 0 Å². The number of hydrogen-bond donors (Lipinski definition) is 0. The molecule has 0 heterocycles. The van der Waals surface area contributed by atoms with Gasteiger partial charge in [0, 0.05) is 11.0 Å². The number of Topliss-reactive ketones (excluding diaryl/α,β-unsaturated/α-hetero) is 1. The fraction of sp³-hybridized carbons (Fsp3) is 0.500. The van der Waals surface area contributed by atoms with Crippen molar-refractivity contribution in [3.05, 3.63) is 29.8 Å². The lowest BCUT2D eigenvalue weighted by Crippen LogP contribution is -2.20. The number of carbonyl (C=O) groups excluding carboxylic acids is 1. The van der Waals surface area contributed by atoms with Crippen LogP contribution < -0.4 is 4.74 Å². The van der Waals surface area contributed by atoms with E-state index in [2.05, 4.69) is 6.92 Å². The van der Waals surface area contributed by atoms with E-state index in [0.717, 1.165) is 17.7 Å². The Kier molecular flexibility index (Phi) is 4.11. The molecule has 0 aliphatic rings. The second-order valence-electron chi connectivity index (χ2n) is 4.96. The van der Waals surface area contributed by atoms with Gasteiger partial charge in [0.05, 0.1) is 6.61 Å². The van der Waals surface area contributed by atoms with E-state index in [1.807, 2.05) is 45.0 Å². The van der Waals surface area contributed by atoms with Crippen LogP contribution in [0.5, 0.6) is 5.75 Å². The third-order valence-electron chi connectivity index (χ3n) is 2.25. The summed E-state index contributed by atoms with van der Waals surface area (Å²) in [6.07, 6.45) is 0.970. The molecule has 2 nitrogen and oxygen atoms in total. The zero-order valence-electron chi connectivity index (χ0n) is 10.5. The molecule has 0 bridgehead atoms. The van der Waals surface area contributed by atoms with Crippen LogP contribution in [0.25, 0.3) is 0 Å². The molecule has 0 amide bonds. The molecule has 0 aliphatic carbocycles. The van der Waals surface area contributed by atoms with E-state index in [9.17, 15) is 4.79 Å². The Morgan fingerprint density at radius 2 is 2.00 bits per heavy atom. The molecule has 0 saturated heterocycles. The second kappa shape index (κ2) is 5.15. The molecule has 2 heteroatoms. The monoisotopic (exact) mass is 220 g/mol. The van der Waals surface area contributed by atoms with Gasteiger partial charge in [-0.25, -0.2) is 0 Å². The summed E-state index contributed by atoms with van der Waals surface area (Å²) in [5.41, 5.74) is 0.379. The lowest BCUT2D eigenvalue weighted by molar-refractivity contribution is 0.0858. The Labute approximate surface area is 97.6 Å². The molecule has 0 spiro atoms. The van der Waals surface area contributed by atoms with Gasteiger partial charge in [0.15, 0.2) is 5.78 Å². The van der Waals surface area contributed by atoms with Crippen molar-refractivity contribution >= 4 is 5.78 Å². The third-order valence-corrected chi connectivity index (χ3v) is 2.25. The number of ketones is 1. The standard InChI is InChI=1S/C14H20O2/c1-5-9-16-12-8-6-7-11(10-12)13(15)14(2,3)4/h6-8,10H,5,9H2,1-4H3. The number of ether oxygens (including phenoxy) is 1. The zero-order valence-corrected chi connectivity index (χ0v) is 10.5. The Bertz CT molecular complexity index is 361. The molecule has 0 fully saturated rings. The number of rotatable bonds is 4. The quantitative estimate of drug-likeness (QED) is 0.723. The highest BCUT2D eigenvalue weighted by atomic mass is 16.5. The Morgan fingerprint density at radius 1 is 1.31 bits per heavy atom. The molecule has 0 N–H and O–H groups in total. The Hall–Kier alpha value is -1.31. The first-order chi connectivity index (χ1) is 7.45. The van der Waals surface area contributed by atoms with E-state index < -0.39 is 0 Å². The fourth-order valence-electron chi connectivity index (χ4n) is 1.38. The predicted octanol–water partition coefficient (Wildman–Crippen LogP) is 3.70.